The summed E-state index contributed by atoms with van der Waals surface area (Å²) in [6, 6.07) is 13.5. The van der Waals surface area contributed by atoms with Crippen LogP contribution in [0.5, 0.6) is 11.5 Å². The highest BCUT2D eigenvalue weighted by atomic mass is 35.5. The SMILES string of the molecule is CC.COc1ccccc1CCNC(=O)c1sccc1NC(=O)c1ccc(OCC(=O)O)c(Cl)c1. The van der Waals surface area contributed by atoms with Crippen molar-refractivity contribution in [2.45, 2.75) is 20.3 Å². The number of nitrogens with one attached hydrogen (secondary N) is 2. The van der Waals surface area contributed by atoms with Crippen LogP contribution < -0.4 is 20.1 Å². The zero-order valence-electron chi connectivity index (χ0n) is 19.6. The summed E-state index contributed by atoms with van der Waals surface area (Å²) in [6.45, 7) is 3.85. The van der Waals surface area contributed by atoms with Crippen LogP contribution in [0.2, 0.25) is 5.02 Å². The van der Waals surface area contributed by atoms with Gasteiger partial charge in [-0.15, -0.1) is 11.3 Å². The van der Waals surface area contributed by atoms with E-state index >= 15 is 0 Å². The van der Waals surface area contributed by atoms with Crippen molar-refractivity contribution in [2.24, 2.45) is 0 Å². The molecule has 2 aromatic carbocycles. The Hall–Kier alpha value is -3.56. The number of hydrogen-bond donors (Lipinski definition) is 3. The maximum atomic E-state index is 12.6. The highest BCUT2D eigenvalue weighted by Crippen LogP contribution is 2.27. The summed E-state index contributed by atoms with van der Waals surface area (Å²) < 4.78 is 10.4. The third-order valence-electron chi connectivity index (χ3n) is 4.54. The molecule has 1 aromatic heterocycles. The molecule has 0 unspecified atom stereocenters. The van der Waals surface area contributed by atoms with Crippen LogP contribution in [0.3, 0.4) is 0 Å². The van der Waals surface area contributed by atoms with Crippen molar-refractivity contribution in [1.29, 1.82) is 0 Å². The Morgan fingerprint density at radius 3 is 2.46 bits per heavy atom. The van der Waals surface area contributed by atoms with E-state index in [9.17, 15) is 14.4 Å². The van der Waals surface area contributed by atoms with E-state index in [1.807, 2.05) is 38.1 Å². The molecule has 10 heteroatoms. The molecule has 0 aliphatic carbocycles. The highest BCUT2D eigenvalue weighted by molar-refractivity contribution is 7.12. The van der Waals surface area contributed by atoms with Crippen molar-refractivity contribution in [2.75, 3.05) is 25.6 Å². The lowest BCUT2D eigenvalue weighted by molar-refractivity contribution is -0.139. The van der Waals surface area contributed by atoms with Crippen molar-refractivity contribution < 1.29 is 29.0 Å². The molecule has 0 atom stereocenters. The third kappa shape index (κ3) is 8.01. The zero-order chi connectivity index (χ0) is 25.8. The standard InChI is InChI=1S/C23H21ClN2O6S.C2H6/c1-31-18-5-3-2-4-14(18)8-10-25-23(30)21-17(9-11-33-21)26-22(29)15-6-7-19(16(24)12-15)32-13-20(27)28;1-2/h2-7,9,11-12H,8,10,13H2,1H3,(H,25,30)(H,26,29)(H,27,28);1-2H3. The summed E-state index contributed by atoms with van der Waals surface area (Å²) in [6.07, 6.45) is 0.595. The lowest BCUT2D eigenvalue weighted by Crippen LogP contribution is -2.26. The second-order valence-corrected chi connectivity index (χ2v) is 8.09. The Labute approximate surface area is 212 Å². The molecule has 3 rings (SSSR count). The van der Waals surface area contributed by atoms with Crippen LogP contribution in [-0.4, -0.2) is 43.2 Å². The molecule has 0 bridgehead atoms. The van der Waals surface area contributed by atoms with Gasteiger partial charge in [-0.25, -0.2) is 4.79 Å². The van der Waals surface area contributed by atoms with Gasteiger partial charge in [0.05, 0.1) is 17.8 Å². The van der Waals surface area contributed by atoms with Gasteiger partial charge >= 0.3 is 5.97 Å². The second-order valence-electron chi connectivity index (χ2n) is 6.76. The van der Waals surface area contributed by atoms with Crippen molar-refractivity contribution in [1.82, 2.24) is 5.32 Å². The number of para-hydroxylation sites is 1. The molecule has 0 radical (unpaired) electrons. The molecule has 35 heavy (non-hydrogen) atoms. The van der Waals surface area contributed by atoms with Crippen LogP contribution in [-0.2, 0) is 11.2 Å². The Morgan fingerprint density at radius 2 is 1.77 bits per heavy atom. The number of thiophene rings is 1. The fourth-order valence-corrected chi connectivity index (χ4v) is 3.98. The van der Waals surface area contributed by atoms with Crippen LogP contribution in [0.1, 0.15) is 39.4 Å². The molecular weight excluding hydrogens is 492 g/mol. The zero-order valence-corrected chi connectivity index (χ0v) is 21.2. The lowest BCUT2D eigenvalue weighted by atomic mass is 10.1. The summed E-state index contributed by atoms with van der Waals surface area (Å²) in [7, 11) is 1.60. The van der Waals surface area contributed by atoms with Gasteiger partial charge in [0.1, 0.15) is 16.4 Å². The van der Waals surface area contributed by atoms with Crippen molar-refractivity contribution in [3.8, 4) is 11.5 Å². The minimum absolute atomic E-state index is 0.100. The maximum absolute atomic E-state index is 12.6. The molecule has 0 fully saturated rings. The lowest BCUT2D eigenvalue weighted by Gasteiger charge is -2.10. The monoisotopic (exact) mass is 518 g/mol. The normalized spacial score (nSPS) is 9.94. The molecular formula is C25H27ClN2O6S. The molecule has 3 N–H and O–H groups in total. The van der Waals surface area contributed by atoms with Crippen LogP contribution in [0.15, 0.2) is 53.9 Å². The van der Waals surface area contributed by atoms with Gasteiger partial charge in [0, 0.05) is 12.1 Å². The number of benzene rings is 2. The first-order valence-corrected chi connectivity index (χ1v) is 12.1. The van der Waals surface area contributed by atoms with E-state index in [1.54, 1.807) is 18.6 Å². The second kappa shape index (κ2) is 14.0. The molecule has 0 spiro atoms. The van der Waals surface area contributed by atoms with Gasteiger partial charge in [0.2, 0.25) is 0 Å². The van der Waals surface area contributed by atoms with Crippen molar-refractivity contribution in [3.63, 3.8) is 0 Å². The number of halogens is 1. The number of carbonyl (C=O) groups is 3. The molecule has 0 saturated heterocycles. The number of ether oxygens (including phenoxy) is 2. The van der Waals surface area contributed by atoms with E-state index in [2.05, 4.69) is 10.6 Å². The number of carboxylic acids is 1. The van der Waals surface area contributed by atoms with Gasteiger partial charge in [0.15, 0.2) is 6.61 Å². The number of aliphatic carboxylic acids is 1. The summed E-state index contributed by atoms with van der Waals surface area (Å²) >= 11 is 7.29. The average molecular weight is 519 g/mol. The molecule has 2 amide bonds. The highest BCUT2D eigenvalue weighted by Gasteiger charge is 2.17. The van der Waals surface area contributed by atoms with Gasteiger partial charge in [-0.3, -0.25) is 9.59 Å². The Kier molecular flexibility index (Phi) is 11.1. The molecule has 0 saturated carbocycles. The molecule has 186 valence electrons. The topological polar surface area (TPSA) is 114 Å². The molecule has 8 nitrogen and oxygen atoms in total. The number of hydrogen-bond acceptors (Lipinski definition) is 6. The molecule has 0 aliphatic heterocycles. The van der Waals surface area contributed by atoms with E-state index in [0.29, 0.717) is 23.5 Å². The number of methoxy groups -OCH3 is 1. The maximum Gasteiger partial charge on any atom is 0.341 e. The van der Waals surface area contributed by atoms with Crippen LogP contribution in [0, 0.1) is 0 Å². The van der Waals surface area contributed by atoms with Gasteiger partial charge in [0.25, 0.3) is 11.8 Å². The Bertz CT molecular complexity index is 1160. The number of carboxylic acid groups (broad SMARTS) is 1. The quantitative estimate of drug-likeness (QED) is 0.343. The first kappa shape index (κ1) is 27.7. The number of rotatable bonds is 10. The predicted molar refractivity (Wildman–Crippen MR) is 137 cm³/mol. The van der Waals surface area contributed by atoms with E-state index in [4.69, 9.17) is 26.2 Å². The van der Waals surface area contributed by atoms with Gasteiger partial charge < -0.3 is 25.2 Å². The van der Waals surface area contributed by atoms with Gasteiger partial charge in [-0.2, -0.15) is 0 Å². The number of amides is 2. The Balaban J connectivity index is 0.00000210. The van der Waals surface area contributed by atoms with E-state index in [0.717, 1.165) is 11.3 Å². The van der Waals surface area contributed by atoms with E-state index < -0.39 is 18.5 Å². The predicted octanol–water partition coefficient (Wildman–Crippen LogP) is 5.12. The number of carbonyl (C=O) groups excluding carboxylic acids is 2. The first-order chi connectivity index (χ1) is 16.9. The van der Waals surface area contributed by atoms with Crippen molar-refractivity contribution in [3.05, 3.63) is 74.9 Å². The fraction of sp³-hybridized carbons (Fsp3) is 0.240. The summed E-state index contributed by atoms with van der Waals surface area (Å²) in [4.78, 5) is 36.3. The van der Waals surface area contributed by atoms with Crippen LogP contribution >= 0.6 is 22.9 Å². The van der Waals surface area contributed by atoms with Crippen LogP contribution in [0.25, 0.3) is 0 Å². The smallest absolute Gasteiger partial charge is 0.341 e. The largest absolute Gasteiger partial charge is 0.496 e. The average Bonchev–Trinajstić information content (AvgIpc) is 3.32. The van der Waals surface area contributed by atoms with Gasteiger partial charge in [-0.05, 0) is 47.7 Å². The molecule has 3 aromatic rings. The minimum atomic E-state index is -1.14. The molecule has 0 aliphatic rings. The van der Waals surface area contributed by atoms with E-state index in [-0.39, 0.29) is 22.2 Å². The molecule has 1 heterocycles. The van der Waals surface area contributed by atoms with Crippen molar-refractivity contribution >= 4 is 46.4 Å². The van der Waals surface area contributed by atoms with E-state index in [1.165, 1.54) is 29.5 Å². The third-order valence-corrected chi connectivity index (χ3v) is 5.75. The summed E-state index contributed by atoms with van der Waals surface area (Å²) in [5, 5.41) is 16.1. The van der Waals surface area contributed by atoms with Gasteiger partial charge in [-0.1, -0.05) is 43.6 Å². The Morgan fingerprint density at radius 1 is 1.03 bits per heavy atom. The number of anilines is 1. The first-order valence-electron chi connectivity index (χ1n) is 10.8. The summed E-state index contributed by atoms with van der Waals surface area (Å²) in [5.41, 5.74) is 1.59. The van der Waals surface area contributed by atoms with Crippen LogP contribution in [0.4, 0.5) is 5.69 Å². The minimum Gasteiger partial charge on any atom is -0.496 e. The fourth-order valence-electron chi connectivity index (χ4n) is 2.98. The summed E-state index contributed by atoms with van der Waals surface area (Å²) in [5.74, 6) is -0.997.